The van der Waals surface area contributed by atoms with E-state index in [1.54, 1.807) is 0 Å². The Morgan fingerprint density at radius 1 is 1.17 bits per heavy atom. The van der Waals surface area contributed by atoms with Crippen LogP contribution in [0.1, 0.15) is 46.5 Å². The molecule has 104 valence electrons. The van der Waals surface area contributed by atoms with Crippen LogP contribution in [0.3, 0.4) is 0 Å². The smallest absolute Gasteiger partial charge is 0.226 e. The molecule has 2 aliphatic rings. The molecule has 0 radical (unpaired) electrons. The Morgan fingerprint density at radius 3 is 2.33 bits per heavy atom. The van der Waals surface area contributed by atoms with Gasteiger partial charge in [-0.25, -0.2) is 0 Å². The molecule has 3 heteroatoms. The minimum atomic E-state index is 0.241. The van der Waals surface area contributed by atoms with Crippen LogP contribution in [-0.4, -0.2) is 37.0 Å². The van der Waals surface area contributed by atoms with Crippen LogP contribution in [0, 0.1) is 17.3 Å². The van der Waals surface area contributed by atoms with E-state index in [0.717, 1.165) is 44.9 Å². The Hall–Kier alpha value is -0.570. The van der Waals surface area contributed by atoms with Crippen molar-refractivity contribution in [3.8, 4) is 0 Å². The topological polar surface area (TPSA) is 32.3 Å². The summed E-state index contributed by atoms with van der Waals surface area (Å²) in [6.07, 6.45) is 4.57. The molecule has 1 atom stereocenters. The number of nitrogens with zero attached hydrogens (tertiary/aromatic N) is 1. The van der Waals surface area contributed by atoms with E-state index in [2.05, 4.69) is 31.0 Å². The van der Waals surface area contributed by atoms with Crippen LogP contribution in [0.25, 0.3) is 0 Å². The van der Waals surface area contributed by atoms with Gasteiger partial charge in [0.1, 0.15) is 0 Å². The van der Waals surface area contributed by atoms with Gasteiger partial charge in [-0.3, -0.25) is 4.79 Å². The lowest BCUT2D eigenvalue weighted by Crippen LogP contribution is -2.47. The Balaban J connectivity index is 1.83. The third-order valence-corrected chi connectivity index (χ3v) is 4.68. The van der Waals surface area contributed by atoms with E-state index < -0.39 is 0 Å². The third-order valence-electron chi connectivity index (χ3n) is 4.68. The predicted molar refractivity (Wildman–Crippen MR) is 74.4 cm³/mol. The number of hydrogen-bond donors (Lipinski definition) is 1. The molecule has 0 aromatic carbocycles. The summed E-state index contributed by atoms with van der Waals surface area (Å²) in [5, 5.41) is 3.34. The summed E-state index contributed by atoms with van der Waals surface area (Å²) in [7, 11) is 0. The summed E-state index contributed by atoms with van der Waals surface area (Å²) in [6.45, 7) is 10.9. The van der Waals surface area contributed by atoms with E-state index in [9.17, 15) is 4.79 Å². The Morgan fingerprint density at radius 2 is 1.83 bits per heavy atom. The second-order valence-electron chi connectivity index (χ2n) is 7.01. The molecule has 0 bridgehead atoms. The van der Waals surface area contributed by atoms with E-state index in [4.69, 9.17) is 0 Å². The van der Waals surface area contributed by atoms with Gasteiger partial charge < -0.3 is 10.2 Å². The Bertz CT molecular complexity index is 281. The number of carbonyl (C=O) groups excluding carboxylic acids is 1. The maximum Gasteiger partial charge on any atom is 0.226 e. The second kappa shape index (κ2) is 5.60. The van der Waals surface area contributed by atoms with E-state index in [0.29, 0.717) is 11.3 Å². The zero-order valence-electron chi connectivity index (χ0n) is 12.2. The maximum absolute atomic E-state index is 12.4. The van der Waals surface area contributed by atoms with Gasteiger partial charge in [-0.15, -0.1) is 0 Å². The molecule has 2 saturated heterocycles. The first-order chi connectivity index (χ1) is 8.48. The molecule has 2 rings (SSSR count). The maximum atomic E-state index is 12.4. The van der Waals surface area contributed by atoms with Crippen LogP contribution in [-0.2, 0) is 4.79 Å². The van der Waals surface area contributed by atoms with Crippen molar-refractivity contribution in [3.05, 3.63) is 0 Å². The van der Waals surface area contributed by atoms with Gasteiger partial charge >= 0.3 is 0 Å². The average molecular weight is 252 g/mol. The highest BCUT2D eigenvalue weighted by molar-refractivity contribution is 5.79. The molecule has 2 aliphatic heterocycles. The molecule has 0 aromatic rings. The Labute approximate surface area is 111 Å². The fourth-order valence-corrected chi connectivity index (χ4v) is 3.29. The molecule has 1 N–H and O–H groups in total. The minimum absolute atomic E-state index is 0.241. The van der Waals surface area contributed by atoms with Gasteiger partial charge in [0.15, 0.2) is 0 Å². The van der Waals surface area contributed by atoms with Gasteiger partial charge in [0.05, 0.1) is 5.92 Å². The number of hydrogen-bond acceptors (Lipinski definition) is 2. The van der Waals surface area contributed by atoms with Gasteiger partial charge in [-0.05, 0) is 43.6 Å². The monoisotopic (exact) mass is 252 g/mol. The largest absolute Gasteiger partial charge is 0.342 e. The zero-order chi connectivity index (χ0) is 13.2. The van der Waals surface area contributed by atoms with Crippen molar-refractivity contribution >= 4 is 5.91 Å². The van der Waals surface area contributed by atoms with Crippen LogP contribution in [0.15, 0.2) is 0 Å². The highest BCUT2D eigenvalue weighted by atomic mass is 16.2. The summed E-state index contributed by atoms with van der Waals surface area (Å²) in [5.74, 6) is 1.41. The number of nitrogens with one attached hydrogen (secondary N) is 1. The number of piperidine rings is 2. The van der Waals surface area contributed by atoms with Crippen molar-refractivity contribution in [1.82, 2.24) is 10.2 Å². The lowest BCUT2D eigenvalue weighted by atomic mass is 9.75. The first kappa shape index (κ1) is 13.9. The molecular formula is C15H28N2O. The van der Waals surface area contributed by atoms with Gasteiger partial charge in [-0.2, -0.15) is 0 Å². The number of likely N-dealkylation sites (tertiary alicyclic amines) is 1. The number of amides is 1. The predicted octanol–water partition coefficient (Wildman–Crippen LogP) is 2.27. The summed E-state index contributed by atoms with van der Waals surface area (Å²) in [5.41, 5.74) is 0.390. The van der Waals surface area contributed by atoms with Crippen LogP contribution in [0.2, 0.25) is 0 Å². The molecule has 0 spiro atoms. The second-order valence-corrected chi connectivity index (χ2v) is 7.01. The SMILES string of the molecule is CC(C)(C)C1CCN(C(=O)[C@H]2CCCNC2)CC1. The van der Waals surface area contributed by atoms with Gasteiger partial charge in [0, 0.05) is 19.6 Å². The van der Waals surface area contributed by atoms with Gasteiger partial charge in [0.2, 0.25) is 5.91 Å². The third kappa shape index (κ3) is 3.25. The molecule has 18 heavy (non-hydrogen) atoms. The molecule has 0 aromatic heterocycles. The molecule has 3 nitrogen and oxygen atoms in total. The molecule has 2 fully saturated rings. The summed E-state index contributed by atoms with van der Waals surface area (Å²) < 4.78 is 0. The lowest BCUT2D eigenvalue weighted by molar-refractivity contribution is -0.138. The summed E-state index contributed by atoms with van der Waals surface area (Å²) >= 11 is 0. The van der Waals surface area contributed by atoms with Crippen molar-refractivity contribution < 1.29 is 4.79 Å². The highest BCUT2D eigenvalue weighted by Crippen LogP contribution is 2.34. The molecule has 2 heterocycles. The van der Waals surface area contributed by atoms with Crippen molar-refractivity contribution in [2.75, 3.05) is 26.2 Å². The first-order valence-electron chi connectivity index (χ1n) is 7.48. The number of carbonyl (C=O) groups is 1. The zero-order valence-corrected chi connectivity index (χ0v) is 12.2. The van der Waals surface area contributed by atoms with Crippen LogP contribution >= 0.6 is 0 Å². The van der Waals surface area contributed by atoms with E-state index >= 15 is 0 Å². The van der Waals surface area contributed by atoms with Crippen molar-refractivity contribution in [2.24, 2.45) is 17.3 Å². The Kier molecular flexibility index (Phi) is 4.31. The van der Waals surface area contributed by atoms with Crippen LogP contribution in [0.4, 0.5) is 0 Å². The lowest BCUT2D eigenvalue weighted by Gasteiger charge is -2.40. The molecule has 0 unspecified atom stereocenters. The van der Waals surface area contributed by atoms with Gasteiger partial charge in [-0.1, -0.05) is 20.8 Å². The molecule has 1 amide bonds. The quantitative estimate of drug-likeness (QED) is 0.776. The number of rotatable bonds is 1. The van der Waals surface area contributed by atoms with Gasteiger partial charge in [0.25, 0.3) is 0 Å². The van der Waals surface area contributed by atoms with Crippen molar-refractivity contribution in [2.45, 2.75) is 46.5 Å². The fraction of sp³-hybridized carbons (Fsp3) is 0.933. The standard InChI is InChI=1S/C15H28N2O/c1-15(2,3)13-6-9-17(10-7-13)14(18)12-5-4-8-16-11-12/h12-13,16H,4-11H2,1-3H3/t12-/m0/s1. The molecular weight excluding hydrogens is 224 g/mol. The van der Waals surface area contributed by atoms with E-state index in [1.807, 2.05) is 0 Å². The van der Waals surface area contributed by atoms with E-state index in [1.165, 1.54) is 12.8 Å². The average Bonchev–Trinajstić information content (AvgIpc) is 2.38. The van der Waals surface area contributed by atoms with E-state index in [-0.39, 0.29) is 5.92 Å². The highest BCUT2D eigenvalue weighted by Gasteiger charge is 2.32. The van der Waals surface area contributed by atoms with Crippen LogP contribution < -0.4 is 5.32 Å². The normalized spacial score (nSPS) is 27.3. The summed E-state index contributed by atoms with van der Waals surface area (Å²) in [6, 6.07) is 0. The van der Waals surface area contributed by atoms with Crippen molar-refractivity contribution in [1.29, 1.82) is 0 Å². The first-order valence-corrected chi connectivity index (χ1v) is 7.48. The fourth-order valence-electron chi connectivity index (χ4n) is 3.29. The minimum Gasteiger partial charge on any atom is -0.342 e. The summed E-state index contributed by atoms with van der Waals surface area (Å²) in [4.78, 5) is 14.5. The molecule has 0 aliphatic carbocycles. The molecule has 0 saturated carbocycles. The van der Waals surface area contributed by atoms with Crippen molar-refractivity contribution in [3.63, 3.8) is 0 Å². The van der Waals surface area contributed by atoms with Crippen LogP contribution in [0.5, 0.6) is 0 Å².